The highest BCUT2D eigenvalue weighted by atomic mass is 19.4. The van der Waals surface area contributed by atoms with Gasteiger partial charge in [-0.05, 0) is 25.1 Å². The number of halogens is 6. The van der Waals surface area contributed by atoms with E-state index in [1.807, 2.05) is 0 Å². The summed E-state index contributed by atoms with van der Waals surface area (Å²) in [6.07, 6.45) is -12.1. The van der Waals surface area contributed by atoms with Crippen LogP contribution in [-0.4, -0.2) is 75.6 Å². The number of rotatable bonds is 3. The van der Waals surface area contributed by atoms with Crippen LogP contribution in [0.3, 0.4) is 0 Å². The first-order chi connectivity index (χ1) is 16.1. The van der Waals surface area contributed by atoms with Crippen LogP contribution in [-0.2, 0) is 17.1 Å². The van der Waals surface area contributed by atoms with E-state index in [2.05, 4.69) is 15.3 Å². The van der Waals surface area contributed by atoms with E-state index < -0.39 is 71.1 Å². The highest BCUT2D eigenvalue weighted by Crippen LogP contribution is 2.48. The summed E-state index contributed by atoms with van der Waals surface area (Å²) in [5.74, 6) is -1.89. The van der Waals surface area contributed by atoms with Gasteiger partial charge in [-0.3, -0.25) is 4.99 Å². The van der Waals surface area contributed by atoms with Gasteiger partial charge in [-0.25, -0.2) is 9.79 Å². The lowest BCUT2D eigenvalue weighted by Crippen LogP contribution is -2.77. The van der Waals surface area contributed by atoms with E-state index in [1.165, 1.54) is 11.8 Å². The lowest BCUT2D eigenvalue weighted by atomic mass is 9.80. The zero-order valence-corrected chi connectivity index (χ0v) is 17.9. The van der Waals surface area contributed by atoms with E-state index in [-0.39, 0.29) is 36.7 Å². The summed E-state index contributed by atoms with van der Waals surface area (Å²) in [7, 11) is 0. The Hall–Kier alpha value is -3.27. The third-order valence-corrected chi connectivity index (χ3v) is 6.42. The van der Waals surface area contributed by atoms with Crippen LogP contribution in [0.4, 0.5) is 26.3 Å². The van der Waals surface area contributed by atoms with E-state index in [0.29, 0.717) is 0 Å². The highest BCUT2D eigenvalue weighted by Gasteiger charge is 2.75. The van der Waals surface area contributed by atoms with E-state index >= 15 is 0 Å². The fraction of sp³-hybridized carbons (Fsp3) is 0.526. The molecule has 1 fully saturated rings. The quantitative estimate of drug-likeness (QED) is 0.281. The molecule has 7 N–H and O–H groups in total. The van der Waals surface area contributed by atoms with Crippen molar-refractivity contribution >= 4 is 17.9 Å². The van der Waals surface area contributed by atoms with Gasteiger partial charge in [0.15, 0.2) is 29.3 Å². The van der Waals surface area contributed by atoms with Crippen LogP contribution in [0.15, 0.2) is 28.2 Å². The Morgan fingerprint density at radius 3 is 2.29 bits per heavy atom. The number of alkyl halides is 6. The first-order valence-electron chi connectivity index (χ1n) is 10.1. The molecule has 5 atom stereocenters. The molecule has 16 heteroatoms. The smallest absolute Gasteiger partial charge is 0.416 e. The fourth-order valence-corrected chi connectivity index (χ4v) is 4.95. The molecular weight excluding hydrogens is 490 g/mol. The molecule has 35 heavy (non-hydrogen) atoms. The molecule has 0 bridgehead atoms. The number of nitrogens with zero attached hydrogens (tertiary/aromatic N) is 3. The number of carbonyl (C=O) groups is 1. The third kappa shape index (κ3) is 3.53. The van der Waals surface area contributed by atoms with Gasteiger partial charge in [0.25, 0.3) is 0 Å². The van der Waals surface area contributed by atoms with Crippen molar-refractivity contribution in [3.05, 3.63) is 34.9 Å². The van der Waals surface area contributed by atoms with Crippen molar-refractivity contribution in [2.24, 2.45) is 21.5 Å². The Bertz CT molecular complexity index is 1090. The van der Waals surface area contributed by atoms with Gasteiger partial charge in [0.1, 0.15) is 6.04 Å². The maximum absolute atomic E-state index is 13.2. The molecule has 0 radical (unpaired) electrons. The number of aliphatic hydroxyl groups excluding tert-OH is 1. The number of nitrogens with two attached hydrogens (primary N) is 2. The first-order valence-corrected chi connectivity index (χ1v) is 10.1. The molecule has 0 saturated carbocycles. The molecule has 1 saturated heterocycles. The SMILES string of the molecule is C[C@H]1[C@H](OC(=O)c2cc(C(F)(F)F)cc(C(F)(F)F)c2)[C@](O)(CO)C23NC(N)=NC2CN=C(N)N13. The molecule has 192 valence electrons. The molecule has 2 unspecified atom stereocenters. The molecule has 1 aromatic carbocycles. The van der Waals surface area contributed by atoms with Gasteiger partial charge in [-0.1, -0.05) is 0 Å². The van der Waals surface area contributed by atoms with Crippen LogP contribution in [0.1, 0.15) is 28.4 Å². The molecule has 3 heterocycles. The molecule has 1 aromatic rings. The summed E-state index contributed by atoms with van der Waals surface area (Å²) in [6, 6.07) is -1.71. The summed E-state index contributed by atoms with van der Waals surface area (Å²) in [6.45, 7) is 0.262. The summed E-state index contributed by atoms with van der Waals surface area (Å²) in [5, 5.41) is 24.5. The molecular formula is C19H20F6N6O4. The molecule has 10 nitrogen and oxygen atoms in total. The molecule has 3 aliphatic heterocycles. The van der Waals surface area contributed by atoms with Crippen molar-refractivity contribution in [3.63, 3.8) is 0 Å². The van der Waals surface area contributed by atoms with Gasteiger partial charge in [-0.15, -0.1) is 0 Å². The Balaban J connectivity index is 1.76. The van der Waals surface area contributed by atoms with Gasteiger partial charge in [0, 0.05) is 0 Å². The maximum Gasteiger partial charge on any atom is 0.416 e. The summed E-state index contributed by atoms with van der Waals surface area (Å²) in [4.78, 5) is 22.3. The Morgan fingerprint density at radius 2 is 1.77 bits per heavy atom. The zero-order chi connectivity index (χ0) is 26.1. The van der Waals surface area contributed by atoms with Crippen LogP contribution in [0.2, 0.25) is 0 Å². The number of ether oxygens (including phenoxy) is 1. The normalized spacial score (nSPS) is 32.4. The molecule has 0 amide bonds. The number of benzene rings is 1. The molecule has 0 aliphatic carbocycles. The second-order valence-electron chi connectivity index (χ2n) is 8.43. The number of aliphatic imine (C=N–C) groups is 2. The van der Waals surface area contributed by atoms with Crippen molar-refractivity contribution < 1.29 is 46.1 Å². The minimum Gasteiger partial charge on any atom is -0.453 e. The van der Waals surface area contributed by atoms with E-state index in [1.54, 1.807) is 0 Å². The third-order valence-electron chi connectivity index (χ3n) is 6.42. The van der Waals surface area contributed by atoms with E-state index in [4.69, 9.17) is 16.2 Å². The minimum absolute atomic E-state index is 0.0751. The predicted octanol–water partition coefficient (Wildman–Crippen LogP) is -0.0118. The van der Waals surface area contributed by atoms with Crippen molar-refractivity contribution in [2.45, 2.75) is 48.7 Å². The number of carbonyl (C=O) groups excluding carboxylic acids is 1. The number of hydrogen-bond acceptors (Lipinski definition) is 10. The van der Waals surface area contributed by atoms with Crippen LogP contribution in [0, 0.1) is 0 Å². The monoisotopic (exact) mass is 510 g/mol. The van der Waals surface area contributed by atoms with Gasteiger partial charge >= 0.3 is 18.3 Å². The topological polar surface area (TPSA) is 159 Å². The van der Waals surface area contributed by atoms with Crippen molar-refractivity contribution in [1.29, 1.82) is 0 Å². The molecule has 1 spiro atoms. The summed E-state index contributed by atoms with van der Waals surface area (Å²) in [5.41, 5.74) is 3.11. The average Bonchev–Trinajstić information content (AvgIpc) is 3.19. The van der Waals surface area contributed by atoms with E-state index in [9.17, 15) is 41.4 Å². The molecule has 3 aliphatic rings. The van der Waals surface area contributed by atoms with Crippen molar-refractivity contribution in [2.75, 3.05) is 13.2 Å². The predicted molar refractivity (Wildman–Crippen MR) is 107 cm³/mol. The number of aliphatic hydroxyl groups is 2. The first kappa shape index (κ1) is 24.8. The Kier molecular flexibility index (Phi) is 5.40. The van der Waals surface area contributed by atoms with Gasteiger partial charge in [0.05, 0.1) is 35.9 Å². The van der Waals surface area contributed by atoms with Crippen molar-refractivity contribution in [1.82, 2.24) is 10.2 Å². The van der Waals surface area contributed by atoms with Gasteiger partial charge in [-0.2, -0.15) is 26.3 Å². The Labute approximate surface area is 193 Å². The number of hydrogen-bond donors (Lipinski definition) is 5. The fourth-order valence-electron chi connectivity index (χ4n) is 4.95. The van der Waals surface area contributed by atoms with Crippen LogP contribution >= 0.6 is 0 Å². The number of nitrogens with one attached hydrogen (secondary N) is 1. The van der Waals surface area contributed by atoms with Gasteiger partial charge in [0.2, 0.25) is 0 Å². The van der Waals surface area contributed by atoms with Crippen molar-refractivity contribution in [3.8, 4) is 0 Å². The lowest BCUT2D eigenvalue weighted by Gasteiger charge is -2.48. The Morgan fingerprint density at radius 1 is 1.20 bits per heavy atom. The highest BCUT2D eigenvalue weighted by molar-refractivity contribution is 5.91. The zero-order valence-electron chi connectivity index (χ0n) is 17.9. The summed E-state index contributed by atoms with van der Waals surface area (Å²) < 4.78 is 84.5. The van der Waals surface area contributed by atoms with Crippen LogP contribution < -0.4 is 16.8 Å². The number of guanidine groups is 2. The number of esters is 1. The average molecular weight is 510 g/mol. The maximum atomic E-state index is 13.2. The second kappa shape index (κ2) is 7.61. The minimum atomic E-state index is -5.19. The molecule has 4 rings (SSSR count). The largest absolute Gasteiger partial charge is 0.453 e. The lowest BCUT2D eigenvalue weighted by molar-refractivity contribution is -0.144. The standard InChI is InChI=1S/C19H20F6N6O4/c1-7-12(16(34,6-32)17-11(29-14(26)30-17)5-28-15(27)31(7)17)35-13(33)8-2-9(18(20,21)22)4-10(3-8)19(23,24)25/h2-4,7,11-12,32,34H,5-6H2,1H3,(H2,27,28)(H3,26,29,30)/t7-,11?,12-,16+,17?/m0/s1. The second-order valence-corrected chi connectivity index (χ2v) is 8.43. The molecule has 0 aromatic heterocycles. The van der Waals surface area contributed by atoms with E-state index in [0.717, 1.165) is 0 Å². The van der Waals surface area contributed by atoms with Crippen LogP contribution in [0.5, 0.6) is 0 Å². The van der Waals surface area contributed by atoms with Crippen LogP contribution in [0.25, 0.3) is 0 Å². The van der Waals surface area contributed by atoms with Gasteiger partial charge < -0.3 is 36.6 Å². The summed E-state index contributed by atoms with van der Waals surface area (Å²) >= 11 is 0.